The van der Waals surface area contributed by atoms with Gasteiger partial charge in [0.25, 0.3) is 5.91 Å². The second kappa shape index (κ2) is 6.92. The summed E-state index contributed by atoms with van der Waals surface area (Å²) in [5, 5.41) is 14.4. The maximum Gasteiger partial charge on any atom is 0.259 e. The molecule has 140 valence electrons. The number of benzene rings is 3. The second-order valence-electron chi connectivity index (χ2n) is 7.06. The van der Waals surface area contributed by atoms with Crippen molar-refractivity contribution in [3.63, 3.8) is 0 Å². The van der Waals surface area contributed by atoms with Crippen molar-refractivity contribution in [2.75, 3.05) is 4.90 Å². The average molecular weight is 379 g/mol. The minimum atomic E-state index is -0.785. The molecule has 1 amide bonds. The number of carbonyl (C=O) groups excluding carboxylic acids is 1. The van der Waals surface area contributed by atoms with Crippen molar-refractivity contribution >= 4 is 17.3 Å². The molecule has 5 nitrogen and oxygen atoms in total. The van der Waals surface area contributed by atoms with E-state index in [9.17, 15) is 10.1 Å². The minimum Gasteiger partial charge on any atom is -0.388 e. The number of hydrogen-bond donors (Lipinski definition) is 0. The van der Waals surface area contributed by atoms with Crippen molar-refractivity contribution in [3.05, 3.63) is 102 Å². The van der Waals surface area contributed by atoms with E-state index < -0.39 is 12.1 Å². The van der Waals surface area contributed by atoms with Gasteiger partial charge in [-0.05, 0) is 23.8 Å². The lowest BCUT2D eigenvalue weighted by molar-refractivity contribution is 0.0596. The fourth-order valence-electron chi connectivity index (χ4n) is 4.15. The van der Waals surface area contributed by atoms with Crippen LogP contribution in [0.3, 0.4) is 0 Å². The summed E-state index contributed by atoms with van der Waals surface area (Å²) >= 11 is 0. The molecule has 0 fully saturated rings. The molecule has 2 aliphatic rings. The van der Waals surface area contributed by atoms with Crippen molar-refractivity contribution in [2.24, 2.45) is 5.16 Å². The Morgan fingerprint density at radius 3 is 2.31 bits per heavy atom. The third kappa shape index (κ3) is 2.69. The van der Waals surface area contributed by atoms with E-state index in [0.29, 0.717) is 5.56 Å². The molecule has 5 heteroatoms. The second-order valence-corrected chi connectivity index (χ2v) is 7.06. The maximum atomic E-state index is 13.4. The predicted octanol–water partition coefficient (Wildman–Crippen LogP) is 4.13. The summed E-state index contributed by atoms with van der Waals surface area (Å²) in [6.45, 7) is 0. The van der Waals surface area contributed by atoms with Crippen molar-refractivity contribution in [3.8, 4) is 6.07 Å². The molecule has 5 rings (SSSR count). The van der Waals surface area contributed by atoms with Crippen LogP contribution in [0.5, 0.6) is 0 Å². The highest BCUT2D eigenvalue weighted by molar-refractivity contribution is 6.12. The Kier molecular flexibility index (Phi) is 4.10. The Balaban J connectivity index is 1.65. The number of nitriles is 1. The van der Waals surface area contributed by atoms with Crippen molar-refractivity contribution in [2.45, 2.75) is 18.1 Å². The zero-order chi connectivity index (χ0) is 19.8. The van der Waals surface area contributed by atoms with Crippen molar-refractivity contribution < 1.29 is 9.63 Å². The maximum absolute atomic E-state index is 13.4. The molecule has 3 aromatic carbocycles. The number of rotatable bonds is 2. The molecular formula is C24H17N3O2. The molecule has 1 unspecified atom stereocenters. The lowest BCUT2D eigenvalue weighted by Gasteiger charge is -2.39. The Bertz CT molecular complexity index is 1140. The molecule has 0 bridgehead atoms. The lowest BCUT2D eigenvalue weighted by Crippen LogP contribution is -2.52. The van der Waals surface area contributed by atoms with Crippen LogP contribution in [0.4, 0.5) is 5.69 Å². The van der Waals surface area contributed by atoms with Gasteiger partial charge < -0.3 is 4.84 Å². The average Bonchev–Trinajstić information content (AvgIpc) is 3.24. The first-order valence-electron chi connectivity index (χ1n) is 9.46. The first kappa shape index (κ1) is 17.2. The summed E-state index contributed by atoms with van der Waals surface area (Å²) < 4.78 is 0. The summed E-state index contributed by atoms with van der Waals surface area (Å²) in [6.07, 6.45) is -0.558. The van der Waals surface area contributed by atoms with Crippen LogP contribution >= 0.6 is 0 Å². The number of para-hydroxylation sites is 1. The third-order valence-corrected chi connectivity index (χ3v) is 5.46. The number of oxime groups is 1. The summed E-state index contributed by atoms with van der Waals surface area (Å²) in [7, 11) is 0. The van der Waals surface area contributed by atoms with Crippen molar-refractivity contribution in [1.82, 2.24) is 0 Å². The van der Waals surface area contributed by atoms with E-state index in [1.807, 2.05) is 72.8 Å². The Morgan fingerprint density at radius 2 is 1.59 bits per heavy atom. The highest BCUT2D eigenvalue weighted by Crippen LogP contribution is 2.45. The molecular weight excluding hydrogens is 362 g/mol. The van der Waals surface area contributed by atoms with Crippen LogP contribution in [0, 0.1) is 11.3 Å². The lowest BCUT2D eigenvalue weighted by atomic mass is 9.79. The first-order valence-corrected chi connectivity index (χ1v) is 9.46. The van der Waals surface area contributed by atoms with Gasteiger partial charge in [-0.1, -0.05) is 71.9 Å². The van der Waals surface area contributed by atoms with Crippen LogP contribution in [-0.2, 0) is 4.84 Å². The monoisotopic (exact) mass is 379 g/mol. The molecule has 2 aliphatic heterocycles. The topological polar surface area (TPSA) is 65.7 Å². The number of nitrogens with zero attached hydrogens (tertiary/aromatic N) is 3. The number of hydrogen-bond acceptors (Lipinski definition) is 4. The zero-order valence-electron chi connectivity index (χ0n) is 15.5. The van der Waals surface area contributed by atoms with Crippen LogP contribution in [0.25, 0.3) is 0 Å². The molecule has 2 heterocycles. The predicted molar refractivity (Wildman–Crippen MR) is 110 cm³/mol. The van der Waals surface area contributed by atoms with Gasteiger partial charge in [-0.15, -0.1) is 0 Å². The van der Waals surface area contributed by atoms with Gasteiger partial charge in [0.15, 0.2) is 12.1 Å². The van der Waals surface area contributed by atoms with E-state index in [4.69, 9.17) is 4.84 Å². The summed E-state index contributed by atoms with van der Waals surface area (Å²) in [4.78, 5) is 20.7. The van der Waals surface area contributed by atoms with E-state index in [0.717, 1.165) is 22.5 Å². The summed E-state index contributed by atoms with van der Waals surface area (Å²) in [5.41, 5.74) is 3.93. The highest BCUT2D eigenvalue weighted by atomic mass is 16.6. The fourth-order valence-corrected chi connectivity index (χ4v) is 4.15. The molecule has 0 aliphatic carbocycles. The number of carbonyl (C=O) groups is 1. The van der Waals surface area contributed by atoms with Crippen LogP contribution in [0.2, 0.25) is 0 Å². The zero-order valence-corrected chi connectivity index (χ0v) is 15.5. The molecule has 0 N–H and O–H groups in total. The standard InChI is InChI=1S/C24H17N3O2/c25-15-20-23-21(22(26-29-23)16-9-3-1-4-10-16)18-13-7-8-14-19(18)27(20)24(28)17-11-5-2-6-12-17/h1-14,20-21,23H/t20?,21-,23-/m1/s1. The third-order valence-electron chi connectivity index (χ3n) is 5.46. The Hall–Kier alpha value is -3.91. The largest absolute Gasteiger partial charge is 0.388 e. The van der Waals surface area contributed by atoms with Gasteiger partial charge in [0.05, 0.1) is 17.7 Å². The van der Waals surface area contributed by atoms with Gasteiger partial charge in [-0.2, -0.15) is 5.26 Å². The smallest absolute Gasteiger partial charge is 0.259 e. The molecule has 0 spiro atoms. The Morgan fingerprint density at radius 1 is 0.931 bits per heavy atom. The SMILES string of the molecule is N#CC1[C@H]2ON=C(c3ccccc3)[C@H]2c2ccccc2N1C(=O)c1ccccc1. The Labute approximate surface area is 168 Å². The minimum absolute atomic E-state index is 0.210. The molecule has 29 heavy (non-hydrogen) atoms. The van der Waals surface area contributed by atoms with Crippen LogP contribution < -0.4 is 4.90 Å². The molecule has 3 aromatic rings. The number of amides is 1. The highest BCUT2D eigenvalue weighted by Gasteiger charge is 2.50. The van der Waals surface area contributed by atoms with Gasteiger partial charge in [0.2, 0.25) is 0 Å². The number of anilines is 1. The quantitative estimate of drug-likeness (QED) is 0.673. The van der Waals surface area contributed by atoms with Gasteiger partial charge in [0, 0.05) is 16.8 Å². The van der Waals surface area contributed by atoms with Crippen LogP contribution in [0.1, 0.15) is 27.4 Å². The molecule has 0 saturated carbocycles. The van der Waals surface area contributed by atoms with E-state index in [1.54, 1.807) is 17.0 Å². The van der Waals surface area contributed by atoms with Gasteiger partial charge in [0.1, 0.15) is 0 Å². The van der Waals surface area contributed by atoms with Crippen LogP contribution in [-0.4, -0.2) is 23.8 Å². The van der Waals surface area contributed by atoms with E-state index in [-0.39, 0.29) is 11.8 Å². The van der Waals surface area contributed by atoms with E-state index in [1.165, 1.54) is 0 Å². The normalized spacial score (nSPS) is 22.0. The van der Waals surface area contributed by atoms with E-state index >= 15 is 0 Å². The van der Waals surface area contributed by atoms with Gasteiger partial charge in [-0.25, -0.2) is 0 Å². The summed E-state index contributed by atoms with van der Waals surface area (Å²) in [6, 6.07) is 28.0. The van der Waals surface area contributed by atoms with Crippen molar-refractivity contribution in [1.29, 1.82) is 5.26 Å². The fraction of sp³-hybridized carbons (Fsp3) is 0.125. The van der Waals surface area contributed by atoms with Gasteiger partial charge >= 0.3 is 0 Å². The molecule has 0 radical (unpaired) electrons. The molecule has 0 aromatic heterocycles. The van der Waals surface area contributed by atoms with Crippen LogP contribution in [0.15, 0.2) is 90.1 Å². The first-order chi connectivity index (χ1) is 14.3. The molecule has 3 atom stereocenters. The molecule has 0 saturated heterocycles. The summed E-state index contributed by atoms with van der Waals surface area (Å²) in [5.74, 6) is -0.433. The number of fused-ring (bicyclic) bond motifs is 3. The van der Waals surface area contributed by atoms with Gasteiger partial charge in [-0.3, -0.25) is 9.69 Å². The van der Waals surface area contributed by atoms with E-state index in [2.05, 4.69) is 11.2 Å².